The van der Waals surface area contributed by atoms with Crippen LogP contribution in [-0.2, 0) is 11.2 Å². The van der Waals surface area contributed by atoms with E-state index in [1.165, 1.54) is 0 Å². The summed E-state index contributed by atoms with van der Waals surface area (Å²) in [6.45, 7) is 0. The van der Waals surface area contributed by atoms with Gasteiger partial charge in [-0.15, -0.1) is 0 Å². The average Bonchev–Trinajstić information content (AvgIpc) is 2.16. The number of alkyl halides is 2. The van der Waals surface area contributed by atoms with Crippen molar-refractivity contribution < 1.29 is 18.7 Å². The normalized spacial score (nSPS) is 10.1. The lowest BCUT2D eigenvalue weighted by Gasteiger charge is -2.09. The van der Waals surface area contributed by atoms with Crippen molar-refractivity contribution in [3.8, 4) is 6.07 Å². The molecule has 84 valence electrons. The van der Waals surface area contributed by atoms with Crippen molar-refractivity contribution in [1.29, 1.82) is 5.26 Å². The van der Waals surface area contributed by atoms with Gasteiger partial charge in [-0.1, -0.05) is 0 Å². The highest BCUT2D eigenvalue weighted by Crippen LogP contribution is 2.26. The van der Waals surface area contributed by atoms with Gasteiger partial charge in [-0.3, -0.25) is 9.78 Å². The van der Waals surface area contributed by atoms with E-state index in [4.69, 9.17) is 16.1 Å². The van der Waals surface area contributed by atoms with Crippen molar-refractivity contribution in [2.45, 2.75) is 12.8 Å². The van der Waals surface area contributed by atoms with Crippen molar-refractivity contribution in [3.05, 3.63) is 23.0 Å². The molecule has 0 aliphatic rings. The number of aromatic nitrogens is 1. The predicted octanol–water partition coefficient (Wildman–Crippen LogP) is 1.10. The Morgan fingerprint density at radius 1 is 1.69 bits per heavy atom. The second-order valence-electron chi connectivity index (χ2n) is 2.94. The number of nitriles is 1. The maximum absolute atomic E-state index is 12.5. The summed E-state index contributed by atoms with van der Waals surface area (Å²) >= 11 is 0. The Morgan fingerprint density at radius 3 is 2.75 bits per heavy atom. The van der Waals surface area contributed by atoms with E-state index in [9.17, 15) is 13.6 Å². The average molecular weight is 227 g/mol. The fourth-order valence-electron chi connectivity index (χ4n) is 1.23. The zero-order valence-corrected chi connectivity index (χ0v) is 7.94. The summed E-state index contributed by atoms with van der Waals surface area (Å²) < 4.78 is 25.0. The van der Waals surface area contributed by atoms with Crippen LogP contribution in [0.3, 0.4) is 0 Å². The molecule has 0 aliphatic heterocycles. The topological polar surface area (TPSA) is 100 Å². The first-order chi connectivity index (χ1) is 7.47. The molecule has 3 N–H and O–H groups in total. The van der Waals surface area contributed by atoms with Gasteiger partial charge in [0.05, 0.1) is 23.9 Å². The molecule has 0 atom stereocenters. The number of hydrogen-bond acceptors (Lipinski definition) is 4. The number of carboxylic acid groups (broad SMARTS) is 1. The van der Waals surface area contributed by atoms with Gasteiger partial charge >= 0.3 is 5.97 Å². The van der Waals surface area contributed by atoms with E-state index < -0.39 is 24.5 Å². The molecule has 0 saturated carbocycles. The fourth-order valence-corrected chi connectivity index (χ4v) is 1.23. The highest BCUT2D eigenvalue weighted by Gasteiger charge is 2.21. The van der Waals surface area contributed by atoms with Crippen LogP contribution in [0, 0.1) is 11.3 Å². The van der Waals surface area contributed by atoms with Crippen LogP contribution in [0.25, 0.3) is 0 Å². The first-order valence-corrected chi connectivity index (χ1v) is 4.14. The Morgan fingerprint density at radius 2 is 2.31 bits per heavy atom. The fraction of sp³-hybridized carbons (Fsp3) is 0.222. The zero-order valence-electron chi connectivity index (χ0n) is 7.94. The first kappa shape index (κ1) is 11.8. The molecule has 16 heavy (non-hydrogen) atoms. The lowest BCUT2D eigenvalue weighted by molar-refractivity contribution is -0.136. The van der Waals surface area contributed by atoms with E-state index in [0.29, 0.717) is 0 Å². The highest BCUT2D eigenvalue weighted by molar-refractivity contribution is 5.73. The molecule has 0 radical (unpaired) electrons. The van der Waals surface area contributed by atoms with E-state index in [1.807, 2.05) is 0 Å². The number of halogens is 2. The van der Waals surface area contributed by atoms with Crippen molar-refractivity contribution in [2.75, 3.05) is 5.73 Å². The van der Waals surface area contributed by atoms with Gasteiger partial charge in [0.15, 0.2) is 0 Å². The second kappa shape index (κ2) is 4.53. The summed E-state index contributed by atoms with van der Waals surface area (Å²) in [6, 6.07) is 1.60. The summed E-state index contributed by atoms with van der Waals surface area (Å²) in [5.41, 5.74) is 3.95. The smallest absolute Gasteiger partial charge is 0.307 e. The largest absolute Gasteiger partial charge is 0.481 e. The summed E-state index contributed by atoms with van der Waals surface area (Å²) in [4.78, 5) is 13.9. The number of rotatable bonds is 3. The van der Waals surface area contributed by atoms with E-state index in [2.05, 4.69) is 4.98 Å². The van der Waals surface area contributed by atoms with Crippen molar-refractivity contribution in [3.63, 3.8) is 0 Å². The maximum atomic E-state index is 12.5. The molecule has 0 amide bonds. The number of anilines is 1. The van der Waals surface area contributed by atoms with Crippen LogP contribution in [0.15, 0.2) is 6.20 Å². The molecule has 0 unspecified atom stereocenters. The number of pyridine rings is 1. The molecule has 5 nitrogen and oxygen atoms in total. The van der Waals surface area contributed by atoms with E-state index in [-0.39, 0.29) is 16.8 Å². The maximum Gasteiger partial charge on any atom is 0.307 e. The highest BCUT2D eigenvalue weighted by atomic mass is 19.3. The molecule has 1 rings (SSSR count). The molecule has 1 heterocycles. The first-order valence-electron chi connectivity index (χ1n) is 4.14. The van der Waals surface area contributed by atoms with Crippen LogP contribution in [-0.4, -0.2) is 16.1 Å². The number of carboxylic acids is 1. The molecule has 1 aromatic heterocycles. The Hall–Kier alpha value is -2.23. The van der Waals surface area contributed by atoms with Gasteiger partial charge in [-0.2, -0.15) is 5.26 Å². The Balaban J connectivity index is 3.42. The number of nitrogens with two attached hydrogens (primary N) is 1. The van der Waals surface area contributed by atoms with E-state index in [1.54, 1.807) is 6.07 Å². The van der Waals surface area contributed by atoms with E-state index >= 15 is 0 Å². The number of carbonyl (C=O) groups is 1. The lowest BCUT2D eigenvalue weighted by atomic mass is 10.0. The SMILES string of the molecule is N#Cc1c(N)cnc(C(F)F)c1CC(=O)O. The quantitative estimate of drug-likeness (QED) is 0.805. The molecular weight excluding hydrogens is 220 g/mol. The van der Waals surface area contributed by atoms with Gasteiger partial charge in [-0.05, 0) is 0 Å². The number of hydrogen-bond donors (Lipinski definition) is 2. The number of nitrogens with zero attached hydrogens (tertiary/aromatic N) is 2. The van der Waals surface area contributed by atoms with Crippen molar-refractivity contribution in [1.82, 2.24) is 4.98 Å². The van der Waals surface area contributed by atoms with Crippen LogP contribution in [0.2, 0.25) is 0 Å². The van der Waals surface area contributed by atoms with Crippen LogP contribution >= 0.6 is 0 Å². The van der Waals surface area contributed by atoms with Crippen LogP contribution in [0.5, 0.6) is 0 Å². The Labute approximate surface area is 89.1 Å². The third kappa shape index (κ3) is 2.23. The molecule has 0 aliphatic carbocycles. The molecule has 0 saturated heterocycles. The Bertz CT molecular complexity index is 469. The number of aliphatic carboxylic acids is 1. The molecule has 7 heteroatoms. The molecule has 1 aromatic rings. The van der Waals surface area contributed by atoms with E-state index in [0.717, 1.165) is 6.20 Å². The number of nitrogen functional groups attached to an aromatic ring is 1. The van der Waals surface area contributed by atoms with Gasteiger partial charge in [0, 0.05) is 5.56 Å². The summed E-state index contributed by atoms with van der Waals surface area (Å²) in [5.74, 6) is -1.33. The molecular formula is C9H7F2N3O2. The van der Waals surface area contributed by atoms with Gasteiger partial charge in [0.1, 0.15) is 11.8 Å². The van der Waals surface area contributed by atoms with Crippen molar-refractivity contribution in [2.24, 2.45) is 0 Å². The summed E-state index contributed by atoms with van der Waals surface area (Å²) in [7, 11) is 0. The van der Waals surface area contributed by atoms with Gasteiger partial charge < -0.3 is 10.8 Å². The van der Waals surface area contributed by atoms with Crippen molar-refractivity contribution >= 4 is 11.7 Å². The lowest BCUT2D eigenvalue weighted by Crippen LogP contribution is -2.10. The standard InChI is InChI=1S/C9H7F2N3O2/c10-9(11)8-4(1-7(15)16)5(2-12)6(13)3-14-8/h3,9H,1,13H2,(H,15,16). The predicted molar refractivity (Wildman–Crippen MR) is 49.7 cm³/mol. The van der Waals surface area contributed by atoms with Crippen LogP contribution in [0.1, 0.15) is 23.2 Å². The third-order valence-electron chi connectivity index (χ3n) is 1.89. The van der Waals surface area contributed by atoms with Gasteiger partial charge in [0.25, 0.3) is 6.43 Å². The molecule has 0 aromatic carbocycles. The minimum atomic E-state index is -2.94. The minimum Gasteiger partial charge on any atom is -0.481 e. The second-order valence-corrected chi connectivity index (χ2v) is 2.94. The van der Waals surface area contributed by atoms with Gasteiger partial charge in [0.2, 0.25) is 0 Å². The Kier molecular flexibility index (Phi) is 3.35. The minimum absolute atomic E-state index is 0.108. The molecule has 0 bridgehead atoms. The van der Waals surface area contributed by atoms with Gasteiger partial charge in [-0.25, -0.2) is 8.78 Å². The zero-order chi connectivity index (χ0) is 12.3. The monoisotopic (exact) mass is 227 g/mol. The summed E-state index contributed by atoms with van der Waals surface area (Å²) in [6.07, 6.45) is -2.73. The third-order valence-corrected chi connectivity index (χ3v) is 1.89. The molecule has 0 fully saturated rings. The summed E-state index contributed by atoms with van der Waals surface area (Å²) in [5, 5.41) is 17.3. The molecule has 0 spiro atoms. The van der Waals surface area contributed by atoms with Crippen LogP contribution < -0.4 is 5.73 Å². The van der Waals surface area contributed by atoms with Crippen LogP contribution in [0.4, 0.5) is 14.5 Å².